The summed E-state index contributed by atoms with van der Waals surface area (Å²) in [6.07, 6.45) is 2.37. The number of rotatable bonds is 6. The first-order valence-corrected chi connectivity index (χ1v) is 10.1. The summed E-state index contributed by atoms with van der Waals surface area (Å²) < 4.78 is 0. The van der Waals surface area contributed by atoms with E-state index in [1.165, 1.54) is 0 Å². The molecule has 3 rings (SSSR count). The van der Waals surface area contributed by atoms with Gasteiger partial charge in [-0.15, -0.1) is 0 Å². The fourth-order valence-corrected chi connectivity index (χ4v) is 3.50. The van der Waals surface area contributed by atoms with Crippen LogP contribution in [-0.2, 0) is 4.79 Å². The van der Waals surface area contributed by atoms with Gasteiger partial charge in [-0.2, -0.15) is 0 Å². The van der Waals surface area contributed by atoms with Crippen LogP contribution in [0.2, 0.25) is 0 Å². The molecule has 3 amide bonds. The lowest BCUT2D eigenvalue weighted by atomic mass is 10.1. The monoisotopic (exact) mass is 393 g/mol. The minimum atomic E-state index is -0.408. The van der Waals surface area contributed by atoms with Crippen LogP contribution in [0.5, 0.6) is 0 Å². The van der Waals surface area contributed by atoms with E-state index in [4.69, 9.17) is 0 Å². The van der Waals surface area contributed by atoms with Crippen molar-refractivity contribution in [1.82, 2.24) is 10.2 Å². The number of benzene rings is 2. The molecule has 0 bridgehead atoms. The maximum atomic E-state index is 12.9. The van der Waals surface area contributed by atoms with Crippen LogP contribution in [-0.4, -0.2) is 41.8 Å². The lowest BCUT2D eigenvalue weighted by Gasteiger charge is -2.24. The van der Waals surface area contributed by atoms with E-state index >= 15 is 0 Å². The van der Waals surface area contributed by atoms with Gasteiger partial charge >= 0.3 is 0 Å². The molecular formula is C23H27N3O3. The van der Waals surface area contributed by atoms with Crippen molar-refractivity contribution in [3.05, 3.63) is 65.2 Å². The summed E-state index contributed by atoms with van der Waals surface area (Å²) in [7, 11) is 0. The van der Waals surface area contributed by atoms with Gasteiger partial charge in [0.25, 0.3) is 11.8 Å². The Labute approximate surface area is 171 Å². The molecule has 1 aliphatic rings. The molecule has 6 heteroatoms. The van der Waals surface area contributed by atoms with Gasteiger partial charge in [0.15, 0.2) is 0 Å². The molecule has 2 N–H and O–H groups in total. The van der Waals surface area contributed by atoms with Crippen molar-refractivity contribution in [2.24, 2.45) is 0 Å². The molecule has 1 fully saturated rings. The predicted molar refractivity (Wildman–Crippen MR) is 113 cm³/mol. The van der Waals surface area contributed by atoms with Crippen LogP contribution in [0.4, 0.5) is 5.69 Å². The molecule has 0 saturated carbocycles. The topological polar surface area (TPSA) is 78.5 Å². The summed E-state index contributed by atoms with van der Waals surface area (Å²) in [6.45, 7) is 5.13. The predicted octanol–water partition coefficient (Wildman–Crippen LogP) is 3.38. The van der Waals surface area contributed by atoms with E-state index in [0.717, 1.165) is 18.4 Å². The molecular weight excluding hydrogens is 366 g/mol. The number of nitrogens with zero attached hydrogens (tertiary/aromatic N) is 1. The molecule has 1 heterocycles. The number of aryl methyl sites for hydroxylation is 1. The molecule has 0 aliphatic carbocycles. The van der Waals surface area contributed by atoms with Crippen LogP contribution in [0.15, 0.2) is 48.5 Å². The van der Waals surface area contributed by atoms with Crippen LogP contribution in [0, 0.1) is 6.92 Å². The van der Waals surface area contributed by atoms with Crippen LogP contribution in [0.25, 0.3) is 0 Å². The zero-order valence-electron chi connectivity index (χ0n) is 16.9. The van der Waals surface area contributed by atoms with E-state index in [0.29, 0.717) is 36.3 Å². The number of carbonyl (C=O) groups is 3. The Balaban J connectivity index is 1.65. The van der Waals surface area contributed by atoms with Gasteiger partial charge in [0.2, 0.25) is 5.91 Å². The quantitative estimate of drug-likeness (QED) is 0.790. The zero-order valence-corrected chi connectivity index (χ0v) is 16.9. The van der Waals surface area contributed by atoms with E-state index in [1.807, 2.05) is 32.0 Å². The zero-order chi connectivity index (χ0) is 20.8. The van der Waals surface area contributed by atoms with Crippen molar-refractivity contribution < 1.29 is 14.4 Å². The lowest BCUT2D eigenvalue weighted by Crippen LogP contribution is -2.46. The van der Waals surface area contributed by atoms with Gasteiger partial charge in [0.1, 0.15) is 6.04 Å². The van der Waals surface area contributed by atoms with Crippen LogP contribution in [0.1, 0.15) is 52.5 Å². The van der Waals surface area contributed by atoms with Gasteiger partial charge < -0.3 is 15.5 Å². The third kappa shape index (κ3) is 5.02. The summed E-state index contributed by atoms with van der Waals surface area (Å²) in [5, 5.41) is 5.72. The molecule has 0 radical (unpaired) electrons. The minimum absolute atomic E-state index is 0.0836. The Morgan fingerprint density at radius 1 is 1.07 bits per heavy atom. The fraction of sp³-hybridized carbons (Fsp3) is 0.348. The Hall–Kier alpha value is -3.15. The van der Waals surface area contributed by atoms with Gasteiger partial charge in [-0.1, -0.05) is 24.6 Å². The standard InChI is InChI=1S/C23H27N3O3/c1-3-13-24-22(28)20-8-5-14-26(20)23(29)17-9-11-19(12-10-17)25-21(27)18-7-4-6-16(2)15-18/h4,6-7,9-12,15,20H,3,5,8,13-14H2,1-2H3,(H,24,28)(H,25,27)/t20-/m1/s1. The van der Waals surface area contributed by atoms with Gasteiger partial charge in [0, 0.05) is 29.9 Å². The third-order valence-electron chi connectivity index (χ3n) is 5.04. The number of nitrogens with one attached hydrogen (secondary N) is 2. The van der Waals surface area contributed by atoms with Crippen LogP contribution in [0.3, 0.4) is 0 Å². The molecule has 152 valence electrons. The number of hydrogen-bond acceptors (Lipinski definition) is 3. The Kier molecular flexibility index (Phi) is 6.65. The van der Waals surface area contributed by atoms with E-state index in [2.05, 4.69) is 10.6 Å². The Bertz CT molecular complexity index is 892. The second-order valence-electron chi connectivity index (χ2n) is 7.35. The smallest absolute Gasteiger partial charge is 0.255 e. The maximum Gasteiger partial charge on any atom is 0.255 e. The van der Waals surface area contributed by atoms with Crippen molar-refractivity contribution in [1.29, 1.82) is 0 Å². The van der Waals surface area contributed by atoms with Crippen LogP contribution >= 0.6 is 0 Å². The average molecular weight is 393 g/mol. The second kappa shape index (κ2) is 9.37. The summed E-state index contributed by atoms with van der Waals surface area (Å²) in [5.74, 6) is -0.435. The molecule has 29 heavy (non-hydrogen) atoms. The number of hydrogen-bond donors (Lipinski definition) is 2. The average Bonchev–Trinajstić information content (AvgIpc) is 3.22. The third-order valence-corrected chi connectivity index (χ3v) is 5.04. The maximum absolute atomic E-state index is 12.9. The first-order valence-electron chi connectivity index (χ1n) is 10.1. The number of carbonyl (C=O) groups excluding carboxylic acids is 3. The van der Waals surface area contributed by atoms with Crippen molar-refractivity contribution in [2.75, 3.05) is 18.4 Å². The largest absolute Gasteiger partial charge is 0.354 e. The lowest BCUT2D eigenvalue weighted by molar-refractivity contribution is -0.124. The molecule has 0 unspecified atom stereocenters. The van der Waals surface area contributed by atoms with E-state index < -0.39 is 6.04 Å². The summed E-state index contributed by atoms with van der Waals surface area (Å²) >= 11 is 0. The molecule has 0 aromatic heterocycles. The molecule has 2 aromatic rings. The van der Waals surface area contributed by atoms with Crippen molar-refractivity contribution in [3.63, 3.8) is 0 Å². The molecule has 2 aromatic carbocycles. The molecule has 1 atom stereocenters. The van der Waals surface area contributed by atoms with E-state index in [9.17, 15) is 14.4 Å². The number of amides is 3. The highest BCUT2D eigenvalue weighted by Gasteiger charge is 2.34. The summed E-state index contributed by atoms with van der Waals surface area (Å²) in [4.78, 5) is 39.2. The first-order chi connectivity index (χ1) is 14.0. The van der Waals surface area contributed by atoms with Crippen molar-refractivity contribution in [2.45, 2.75) is 39.2 Å². The Morgan fingerprint density at radius 2 is 1.83 bits per heavy atom. The van der Waals surface area contributed by atoms with Gasteiger partial charge in [-0.25, -0.2) is 0 Å². The minimum Gasteiger partial charge on any atom is -0.354 e. The highest BCUT2D eigenvalue weighted by atomic mass is 16.2. The molecule has 1 saturated heterocycles. The highest BCUT2D eigenvalue weighted by Crippen LogP contribution is 2.21. The summed E-state index contributed by atoms with van der Waals surface area (Å²) in [5.41, 5.74) is 2.73. The van der Waals surface area contributed by atoms with E-state index in [1.54, 1.807) is 35.2 Å². The van der Waals surface area contributed by atoms with Gasteiger partial charge in [-0.3, -0.25) is 14.4 Å². The molecule has 6 nitrogen and oxygen atoms in total. The van der Waals surface area contributed by atoms with Crippen molar-refractivity contribution in [3.8, 4) is 0 Å². The molecule has 1 aliphatic heterocycles. The number of likely N-dealkylation sites (tertiary alicyclic amines) is 1. The normalized spacial score (nSPS) is 15.8. The Morgan fingerprint density at radius 3 is 2.52 bits per heavy atom. The first kappa shape index (κ1) is 20.6. The van der Waals surface area contributed by atoms with Crippen molar-refractivity contribution >= 4 is 23.4 Å². The van der Waals surface area contributed by atoms with Gasteiger partial charge in [0.05, 0.1) is 0 Å². The summed E-state index contributed by atoms with van der Waals surface area (Å²) in [6, 6.07) is 13.8. The van der Waals surface area contributed by atoms with Gasteiger partial charge in [-0.05, 0) is 62.6 Å². The SMILES string of the molecule is CCCNC(=O)[C@H]1CCCN1C(=O)c1ccc(NC(=O)c2cccc(C)c2)cc1. The highest BCUT2D eigenvalue weighted by molar-refractivity contribution is 6.04. The van der Waals surface area contributed by atoms with E-state index in [-0.39, 0.29) is 17.7 Å². The second-order valence-corrected chi connectivity index (χ2v) is 7.35. The molecule has 0 spiro atoms. The number of anilines is 1. The van der Waals surface area contributed by atoms with Crippen LogP contribution < -0.4 is 10.6 Å². The fourth-order valence-electron chi connectivity index (χ4n) is 3.50.